The van der Waals surface area contributed by atoms with Gasteiger partial charge in [-0.2, -0.15) is 0 Å². The van der Waals surface area contributed by atoms with Gasteiger partial charge in [0.2, 0.25) is 0 Å². The molecule has 2 aliphatic heterocycles. The van der Waals surface area contributed by atoms with E-state index in [1.54, 1.807) is 23.1 Å². The molecule has 0 saturated carbocycles. The van der Waals surface area contributed by atoms with Crippen molar-refractivity contribution < 1.29 is 28.7 Å². The molecule has 1 aromatic carbocycles. The molecule has 0 aliphatic carbocycles. The smallest absolute Gasteiger partial charge is 0.333 e. The summed E-state index contributed by atoms with van der Waals surface area (Å²) in [5.74, 6) is -0.614. The van der Waals surface area contributed by atoms with Crippen molar-refractivity contribution in [3.8, 4) is 11.5 Å². The number of benzene rings is 1. The summed E-state index contributed by atoms with van der Waals surface area (Å²) >= 11 is 0. The summed E-state index contributed by atoms with van der Waals surface area (Å²) in [6.07, 6.45) is 3.42. The molecule has 160 valence electrons. The maximum atomic E-state index is 12.4. The second-order valence-corrected chi connectivity index (χ2v) is 7.08. The maximum Gasteiger partial charge on any atom is 0.333 e. The van der Waals surface area contributed by atoms with E-state index >= 15 is 0 Å². The highest BCUT2D eigenvalue weighted by molar-refractivity contribution is 6.30. The molecule has 0 unspecified atom stereocenters. The fourth-order valence-electron chi connectivity index (χ4n) is 3.34. The van der Waals surface area contributed by atoms with Gasteiger partial charge in [0.05, 0.1) is 6.61 Å². The second kappa shape index (κ2) is 8.98. The minimum Gasteiger partial charge on any atom is -0.490 e. The van der Waals surface area contributed by atoms with Crippen molar-refractivity contribution in [2.45, 2.75) is 19.8 Å². The molecule has 2 fully saturated rings. The number of ether oxygens (including phenoxy) is 2. The molecule has 1 aromatic rings. The standard InChI is InChI=1S/C21H25N3O6/c1-4-29-17-12-14(11-15-19(26)22(2)21(28)23(3)20(15)27)7-8-16(17)30-13-18(25)24-9-5-6-10-24/h7-8,11-12H,4-6,9-10,13H2,1-3H3. The average Bonchev–Trinajstić information content (AvgIpc) is 3.28. The van der Waals surface area contributed by atoms with Gasteiger partial charge in [-0.05, 0) is 43.5 Å². The summed E-state index contributed by atoms with van der Waals surface area (Å²) < 4.78 is 11.3. The number of amides is 5. The molecule has 0 aromatic heterocycles. The lowest BCUT2D eigenvalue weighted by Crippen LogP contribution is -2.52. The quantitative estimate of drug-likeness (QED) is 0.516. The van der Waals surface area contributed by atoms with Crippen molar-refractivity contribution in [1.82, 2.24) is 14.7 Å². The van der Waals surface area contributed by atoms with Crippen molar-refractivity contribution in [1.29, 1.82) is 0 Å². The number of hydrogen-bond donors (Lipinski definition) is 0. The molecule has 5 amide bonds. The predicted octanol–water partition coefficient (Wildman–Crippen LogP) is 1.52. The lowest BCUT2D eigenvalue weighted by Gasteiger charge is -2.28. The van der Waals surface area contributed by atoms with Gasteiger partial charge in [0.15, 0.2) is 18.1 Å². The number of imide groups is 2. The first-order chi connectivity index (χ1) is 14.3. The molecule has 0 radical (unpaired) electrons. The van der Waals surface area contributed by atoms with E-state index in [9.17, 15) is 19.2 Å². The lowest BCUT2D eigenvalue weighted by molar-refractivity contribution is -0.134. The fourth-order valence-corrected chi connectivity index (χ4v) is 3.34. The van der Waals surface area contributed by atoms with Gasteiger partial charge in [0.1, 0.15) is 5.57 Å². The Morgan fingerprint density at radius 3 is 2.23 bits per heavy atom. The van der Waals surface area contributed by atoms with Crippen LogP contribution in [0.1, 0.15) is 25.3 Å². The van der Waals surface area contributed by atoms with Crippen LogP contribution < -0.4 is 9.47 Å². The van der Waals surface area contributed by atoms with Crippen molar-refractivity contribution in [2.24, 2.45) is 0 Å². The van der Waals surface area contributed by atoms with E-state index < -0.39 is 17.8 Å². The topological polar surface area (TPSA) is 96.5 Å². The number of carbonyl (C=O) groups is 4. The summed E-state index contributed by atoms with van der Waals surface area (Å²) in [5, 5.41) is 0. The minimum atomic E-state index is -0.677. The van der Waals surface area contributed by atoms with Crippen LogP contribution in [0.15, 0.2) is 23.8 Å². The summed E-state index contributed by atoms with van der Waals surface area (Å²) in [5.41, 5.74) is 0.407. The van der Waals surface area contributed by atoms with Gasteiger partial charge in [-0.15, -0.1) is 0 Å². The highest BCUT2D eigenvalue weighted by Crippen LogP contribution is 2.30. The highest BCUT2D eigenvalue weighted by Gasteiger charge is 2.37. The van der Waals surface area contributed by atoms with Gasteiger partial charge < -0.3 is 14.4 Å². The first kappa shape index (κ1) is 21.4. The Hall–Kier alpha value is -3.36. The van der Waals surface area contributed by atoms with Crippen LogP contribution in [0.3, 0.4) is 0 Å². The van der Waals surface area contributed by atoms with Crippen molar-refractivity contribution in [3.05, 3.63) is 29.3 Å². The van der Waals surface area contributed by atoms with Gasteiger partial charge in [-0.1, -0.05) is 6.07 Å². The Morgan fingerprint density at radius 2 is 1.63 bits per heavy atom. The van der Waals surface area contributed by atoms with Crippen LogP contribution in [-0.2, 0) is 14.4 Å². The number of likely N-dealkylation sites (tertiary alicyclic amines) is 1. The van der Waals surface area contributed by atoms with Crippen LogP contribution in [0.25, 0.3) is 6.08 Å². The van der Waals surface area contributed by atoms with E-state index in [-0.39, 0.29) is 18.1 Å². The molecule has 2 aliphatic rings. The second-order valence-electron chi connectivity index (χ2n) is 7.08. The molecule has 0 spiro atoms. The Morgan fingerprint density at radius 1 is 1.00 bits per heavy atom. The van der Waals surface area contributed by atoms with Crippen LogP contribution in [0, 0.1) is 0 Å². The Kier molecular flexibility index (Phi) is 6.39. The van der Waals surface area contributed by atoms with Crippen molar-refractivity contribution in [3.63, 3.8) is 0 Å². The summed E-state index contributed by atoms with van der Waals surface area (Å²) in [7, 11) is 2.64. The van der Waals surface area contributed by atoms with Crippen LogP contribution in [0.4, 0.5) is 4.79 Å². The first-order valence-corrected chi connectivity index (χ1v) is 9.82. The predicted molar refractivity (Wildman–Crippen MR) is 108 cm³/mol. The number of likely N-dealkylation sites (N-methyl/N-ethyl adjacent to an activating group) is 2. The van der Waals surface area contributed by atoms with Crippen LogP contribution >= 0.6 is 0 Å². The van der Waals surface area contributed by atoms with Crippen LogP contribution in [-0.4, -0.2) is 78.9 Å². The number of rotatable bonds is 6. The largest absolute Gasteiger partial charge is 0.490 e. The van der Waals surface area contributed by atoms with Crippen molar-refractivity contribution >= 4 is 29.8 Å². The molecule has 0 bridgehead atoms. The molecule has 3 rings (SSSR count). The van der Waals surface area contributed by atoms with Crippen LogP contribution in [0.2, 0.25) is 0 Å². The molecule has 2 saturated heterocycles. The van der Waals surface area contributed by atoms with E-state index in [0.717, 1.165) is 35.7 Å². The Labute approximate surface area is 174 Å². The van der Waals surface area contributed by atoms with E-state index in [4.69, 9.17) is 9.47 Å². The minimum absolute atomic E-state index is 0.0738. The number of barbiturate groups is 1. The van der Waals surface area contributed by atoms with E-state index in [1.807, 2.05) is 6.92 Å². The third kappa shape index (κ3) is 4.29. The average molecular weight is 415 g/mol. The Bertz CT molecular complexity index is 878. The van der Waals surface area contributed by atoms with E-state index in [2.05, 4.69) is 0 Å². The molecule has 9 heteroatoms. The Balaban J connectivity index is 1.81. The van der Waals surface area contributed by atoms with Gasteiger partial charge in [0, 0.05) is 27.2 Å². The molecule has 30 heavy (non-hydrogen) atoms. The SMILES string of the molecule is CCOc1cc(C=C2C(=O)N(C)C(=O)N(C)C2=O)ccc1OCC(=O)N1CCCC1. The van der Waals surface area contributed by atoms with Crippen molar-refractivity contribution in [2.75, 3.05) is 40.4 Å². The zero-order chi connectivity index (χ0) is 21.8. The summed E-state index contributed by atoms with van der Waals surface area (Å²) in [6, 6.07) is 4.24. The third-order valence-corrected chi connectivity index (χ3v) is 5.03. The number of nitrogens with zero attached hydrogens (tertiary/aromatic N) is 3. The zero-order valence-electron chi connectivity index (χ0n) is 17.3. The van der Waals surface area contributed by atoms with E-state index in [1.165, 1.54) is 20.2 Å². The van der Waals surface area contributed by atoms with Gasteiger partial charge >= 0.3 is 6.03 Å². The highest BCUT2D eigenvalue weighted by atomic mass is 16.5. The lowest BCUT2D eigenvalue weighted by atomic mass is 10.1. The molecule has 2 heterocycles. The van der Waals surface area contributed by atoms with Gasteiger partial charge in [0.25, 0.3) is 17.7 Å². The number of carbonyl (C=O) groups excluding carboxylic acids is 4. The number of hydrogen-bond acceptors (Lipinski definition) is 6. The monoisotopic (exact) mass is 415 g/mol. The van der Waals surface area contributed by atoms with E-state index in [0.29, 0.717) is 23.7 Å². The maximum absolute atomic E-state index is 12.4. The summed E-state index contributed by atoms with van der Waals surface area (Å²) in [4.78, 5) is 52.4. The van der Waals surface area contributed by atoms with Gasteiger partial charge in [-0.3, -0.25) is 24.2 Å². The van der Waals surface area contributed by atoms with Gasteiger partial charge in [-0.25, -0.2) is 4.79 Å². The third-order valence-electron chi connectivity index (χ3n) is 5.03. The molecule has 0 N–H and O–H groups in total. The fraction of sp³-hybridized carbons (Fsp3) is 0.429. The zero-order valence-corrected chi connectivity index (χ0v) is 17.3. The molecule has 0 atom stereocenters. The molecule has 9 nitrogen and oxygen atoms in total. The molecular weight excluding hydrogens is 390 g/mol. The summed E-state index contributed by atoms with van der Waals surface area (Å²) in [6.45, 7) is 3.60. The molecular formula is C21H25N3O6. The number of urea groups is 1. The van der Waals surface area contributed by atoms with Crippen LogP contribution in [0.5, 0.6) is 11.5 Å². The normalized spacial score (nSPS) is 17.0. The first-order valence-electron chi connectivity index (χ1n) is 9.82.